The van der Waals surface area contributed by atoms with E-state index < -0.39 is 0 Å². The Hall–Kier alpha value is -0.570. The maximum Gasteiger partial charge on any atom is 0.237 e. The molecule has 4 atom stereocenters. The van der Waals surface area contributed by atoms with Crippen molar-refractivity contribution in [3.8, 4) is 0 Å². The molecule has 0 aliphatic heterocycles. The van der Waals surface area contributed by atoms with Crippen LogP contribution < -0.4 is 11.1 Å². The normalized spacial score (nSPS) is 33.1. The SMILES string of the molecule is CC(C)C(N)C(=O)NC1CC(C)[C@@H](C)C1. The quantitative estimate of drug-likeness (QED) is 0.745. The molecule has 3 nitrogen and oxygen atoms in total. The van der Waals surface area contributed by atoms with Crippen LogP contribution in [0.1, 0.15) is 40.5 Å². The summed E-state index contributed by atoms with van der Waals surface area (Å²) >= 11 is 0. The van der Waals surface area contributed by atoms with E-state index >= 15 is 0 Å². The van der Waals surface area contributed by atoms with Crippen LogP contribution in [0.3, 0.4) is 0 Å². The smallest absolute Gasteiger partial charge is 0.237 e. The molecule has 0 aromatic rings. The Labute approximate surface area is 92.8 Å². The highest BCUT2D eigenvalue weighted by Crippen LogP contribution is 2.30. The minimum Gasteiger partial charge on any atom is -0.352 e. The van der Waals surface area contributed by atoms with E-state index in [2.05, 4.69) is 19.2 Å². The summed E-state index contributed by atoms with van der Waals surface area (Å²) in [4.78, 5) is 11.7. The van der Waals surface area contributed by atoms with Crippen molar-refractivity contribution in [3.63, 3.8) is 0 Å². The highest BCUT2D eigenvalue weighted by molar-refractivity contribution is 5.82. The summed E-state index contributed by atoms with van der Waals surface area (Å²) in [6.45, 7) is 8.45. The predicted molar refractivity (Wildman–Crippen MR) is 62.3 cm³/mol. The number of hydrogen-bond donors (Lipinski definition) is 2. The van der Waals surface area contributed by atoms with Crippen LogP contribution in [0.4, 0.5) is 0 Å². The molecule has 0 bridgehead atoms. The first kappa shape index (κ1) is 12.5. The number of rotatable bonds is 3. The first-order chi connectivity index (χ1) is 6.91. The van der Waals surface area contributed by atoms with Crippen molar-refractivity contribution in [1.29, 1.82) is 0 Å². The van der Waals surface area contributed by atoms with Gasteiger partial charge >= 0.3 is 0 Å². The van der Waals surface area contributed by atoms with E-state index in [0.717, 1.165) is 12.8 Å². The monoisotopic (exact) mass is 212 g/mol. The third-order valence-corrected chi connectivity index (χ3v) is 3.65. The molecule has 1 amide bonds. The van der Waals surface area contributed by atoms with E-state index in [-0.39, 0.29) is 17.9 Å². The number of carbonyl (C=O) groups excluding carboxylic acids is 1. The molecule has 0 aromatic carbocycles. The number of nitrogens with one attached hydrogen (secondary N) is 1. The van der Waals surface area contributed by atoms with Crippen molar-refractivity contribution in [2.24, 2.45) is 23.5 Å². The lowest BCUT2D eigenvalue weighted by Gasteiger charge is -2.19. The van der Waals surface area contributed by atoms with Crippen molar-refractivity contribution < 1.29 is 4.79 Å². The van der Waals surface area contributed by atoms with Gasteiger partial charge in [0.2, 0.25) is 5.91 Å². The summed E-state index contributed by atoms with van der Waals surface area (Å²) in [5.41, 5.74) is 5.80. The van der Waals surface area contributed by atoms with Crippen LogP contribution in [-0.2, 0) is 4.79 Å². The average molecular weight is 212 g/mol. The van der Waals surface area contributed by atoms with Crippen LogP contribution in [0.25, 0.3) is 0 Å². The van der Waals surface area contributed by atoms with Crippen molar-refractivity contribution >= 4 is 5.91 Å². The van der Waals surface area contributed by atoms with Gasteiger partial charge in [0.1, 0.15) is 0 Å². The van der Waals surface area contributed by atoms with Gasteiger partial charge in [-0.25, -0.2) is 0 Å². The van der Waals surface area contributed by atoms with Crippen LogP contribution in [0.15, 0.2) is 0 Å². The number of nitrogens with two attached hydrogens (primary N) is 1. The molecule has 3 heteroatoms. The molecule has 1 aliphatic rings. The Morgan fingerprint density at radius 3 is 2.13 bits per heavy atom. The van der Waals surface area contributed by atoms with Crippen LogP contribution >= 0.6 is 0 Å². The summed E-state index contributed by atoms with van der Waals surface area (Å²) in [5.74, 6) is 1.65. The second-order valence-electron chi connectivity index (χ2n) is 5.40. The summed E-state index contributed by atoms with van der Waals surface area (Å²) in [6, 6.07) is -0.0245. The molecule has 88 valence electrons. The zero-order valence-electron chi connectivity index (χ0n) is 10.3. The van der Waals surface area contributed by atoms with Gasteiger partial charge in [-0.2, -0.15) is 0 Å². The summed E-state index contributed by atoms with van der Waals surface area (Å²) in [5, 5.41) is 3.06. The van der Waals surface area contributed by atoms with Gasteiger partial charge in [0.25, 0.3) is 0 Å². The molecule has 0 aromatic heterocycles. The molecule has 0 spiro atoms. The topological polar surface area (TPSA) is 55.1 Å². The van der Waals surface area contributed by atoms with Crippen molar-refractivity contribution in [1.82, 2.24) is 5.32 Å². The van der Waals surface area contributed by atoms with Gasteiger partial charge in [0.05, 0.1) is 6.04 Å². The molecule has 15 heavy (non-hydrogen) atoms. The van der Waals surface area contributed by atoms with Crippen molar-refractivity contribution in [3.05, 3.63) is 0 Å². The number of carbonyl (C=O) groups is 1. The fourth-order valence-electron chi connectivity index (χ4n) is 2.18. The molecule has 3 unspecified atom stereocenters. The summed E-state index contributed by atoms with van der Waals surface area (Å²) in [6.07, 6.45) is 2.19. The molecular weight excluding hydrogens is 188 g/mol. The number of hydrogen-bond acceptors (Lipinski definition) is 2. The zero-order chi connectivity index (χ0) is 11.6. The molecule has 0 heterocycles. The van der Waals surface area contributed by atoms with E-state index in [1.807, 2.05) is 13.8 Å². The Morgan fingerprint density at radius 1 is 1.27 bits per heavy atom. The second kappa shape index (κ2) is 4.97. The third-order valence-electron chi connectivity index (χ3n) is 3.65. The Morgan fingerprint density at radius 2 is 1.73 bits per heavy atom. The summed E-state index contributed by atoms with van der Waals surface area (Å²) in [7, 11) is 0. The van der Waals surface area contributed by atoms with Gasteiger partial charge in [0.15, 0.2) is 0 Å². The van der Waals surface area contributed by atoms with Crippen LogP contribution in [-0.4, -0.2) is 18.0 Å². The largest absolute Gasteiger partial charge is 0.352 e. The lowest BCUT2D eigenvalue weighted by atomic mass is 10.0. The minimum atomic E-state index is -0.365. The predicted octanol–water partition coefficient (Wildman–Crippen LogP) is 1.52. The molecule has 0 radical (unpaired) electrons. The van der Waals surface area contributed by atoms with Gasteiger partial charge < -0.3 is 11.1 Å². The maximum absolute atomic E-state index is 11.7. The van der Waals surface area contributed by atoms with Gasteiger partial charge in [-0.15, -0.1) is 0 Å². The van der Waals surface area contributed by atoms with Gasteiger partial charge in [-0.1, -0.05) is 27.7 Å². The molecule has 0 saturated heterocycles. The Kier molecular flexibility index (Phi) is 4.14. The minimum absolute atomic E-state index is 0.0105. The molecule has 1 fully saturated rings. The van der Waals surface area contributed by atoms with Crippen molar-refractivity contribution in [2.75, 3.05) is 0 Å². The van der Waals surface area contributed by atoms with E-state index in [1.165, 1.54) is 0 Å². The Bertz CT molecular complexity index is 218. The highest BCUT2D eigenvalue weighted by Gasteiger charge is 2.30. The van der Waals surface area contributed by atoms with Gasteiger partial charge in [0, 0.05) is 6.04 Å². The number of amides is 1. The van der Waals surface area contributed by atoms with Gasteiger partial charge in [-0.05, 0) is 30.6 Å². The molecule has 1 aliphatic carbocycles. The van der Waals surface area contributed by atoms with E-state index in [0.29, 0.717) is 17.9 Å². The van der Waals surface area contributed by atoms with Gasteiger partial charge in [-0.3, -0.25) is 4.79 Å². The first-order valence-corrected chi connectivity index (χ1v) is 5.97. The van der Waals surface area contributed by atoms with E-state index in [1.54, 1.807) is 0 Å². The first-order valence-electron chi connectivity index (χ1n) is 5.97. The van der Waals surface area contributed by atoms with Crippen LogP contribution in [0, 0.1) is 17.8 Å². The lowest BCUT2D eigenvalue weighted by Crippen LogP contribution is -2.47. The lowest BCUT2D eigenvalue weighted by molar-refractivity contribution is -0.123. The second-order valence-corrected chi connectivity index (χ2v) is 5.40. The van der Waals surface area contributed by atoms with Crippen LogP contribution in [0.2, 0.25) is 0 Å². The fourth-order valence-corrected chi connectivity index (χ4v) is 2.18. The molecule has 1 rings (SSSR count). The maximum atomic E-state index is 11.7. The highest BCUT2D eigenvalue weighted by atomic mass is 16.2. The zero-order valence-corrected chi connectivity index (χ0v) is 10.3. The van der Waals surface area contributed by atoms with E-state index in [9.17, 15) is 4.79 Å². The fraction of sp³-hybridized carbons (Fsp3) is 0.917. The van der Waals surface area contributed by atoms with Crippen molar-refractivity contribution in [2.45, 2.75) is 52.6 Å². The summed E-state index contributed by atoms with van der Waals surface area (Å²) < 4.78 is 0. The molecule has 1 saturated carbocycles. The third kappa shape index (κ3) is 3.20. The average Bonchev–Trinajstić information content (AvgIpc) is 2.44. The standard InChI is InChI=1S/C12H24N2O/c1-7(2)11(13)12(15)14-10-5-8(3)9(4)6-10/h7-11H,5-6,13H2,1-4H3,(H,14,15)/t8-,9?,10?,11?/m0/s1. The molecule has 3 N–H and O–H groups in total. The van der Waals surface area contributed by atoms with Crippen LogP contribution in [0.5, 0.6) is 0 Å². The molecular formula is C12H24N2O. The van der Waals surface area contributed by atoms with E-state index in [4.69, 9.17) is 5.73 Å². The Balaban J connectivity index is 2.40.